The van der Waals surface area contributed by atoms with Crippen LogP contribution in [0.15, 0.2) is 24.3 Å². The molecule has 21 heavy (non-hydrogen) atoms. The SMILES string of the molecule is COc1ccc2[nH]c(=S)n(-c3cc(F)cc(F)c3F)c2n1. The number of hydrogen-bond acceptors (Lipinski definition) is 3. The topological polar surface area (TPSA) is 42.8 Å². The standard InChI is InChI=1S/C13H8F3N3OS/c1-20-10-3-2-8-12(18-10)19(13(21)17-8)9-5-6(14)4-7(15)11(9)16/h2-5H,1H3,(H,17,21). The summed E-state index contributed by atoms with van der Waals surface area (Å²) in [5.74, 6) is -3.16. The number of pyridine rings is 1. The number of aromatic amines is 1. The first-order valence-corrected chi connectivity index (χ1v) is 6.23. The monoisotopic (exact) mass is 311 g/mol. The van der Waals surface area contributed by atoms with Crippen LogP contribution in [0.3, 0.4) is 0 Å². The first-order valence-electron chi connectivity index (χ1n) is 5.82. The molecular formula is C13H8F3N3OS. The zero-order chi connectivity index (χ0) is 15.1. The fourth-order valence-corrected chi connectivity index (χ4v) is 2.30. The Labute approximate surface area is 121 Å². The molecule has 2 aromatic heterocycles. The Balaban J connectivity index is 2.39. The maximum Gasteiger partial charge on any atom is 0.215 e. The van der Waals surface area contributed by atoms with Crippen molar-refractivity contribution in [2.24, 2.45) is 0 Å². The third-order valence-corrected chi connectivity index (χ3v) is 3.21. The van der Waals surface area contributed by atoms with E-state index in [1.54, 1.807) is 12.1 Å². The van der Waals surface area contributed by atoms with E-state index in [1.807, 2.05) is 0 Å². The van der Waals surface area contributed by atoms with Gasteiger partial charge in [0.25, 0.3) is 0 Å². The van der Waals surface area contributed by atoms with Gasteiger partial charge in [0.2, 0.25) is 5.88 Å². The van der Waals surface area contributed by atoms with Crippen LogP contribution in [0.5, 0.6) is 5.88 Å². The number of halogens is 3. The van der Waals surface area contributed by atoms with Crippen molar-refractivity contribution in [3.8, 4) is 11.6 Å². The van der Waals surface area contributed by atoms with Gasteiger partial charge in [-0.2, -0.15) is 4.98 Å². The number of methoxy groups -OCH3 is 1. The molecule has 8 heteroatoms. The Hall–Kier alpha value is -2.35. The highest BCUT2D eigenvalue weighted by Crippen LogP contribution is 2.24. The lowest BCUT2D eigenvalue weighted by Gasteiger charge is -2.07. The molecule has 0 spiro atoms. The van der Waals surface area contributed by atoms with Crippen molar-refractivity contribution in [2.45, 2.75) is 0 Å². The summed E-state index contributed by atoms with van der Waals surface area (Å²) in [7, 11) is 1.42. The lowest BCUT2D eigenvalue weighted by molar-refractivity contribution is 0.399. The van der Waals surface area contributed by atoms with Crippen molar-refractivity contribution in [2.75, 3.05) is 7.11 Å². The van der Waals surface area contributed by atoms with E-state index in [-0.39, 0.29) is 22.0 Å². The van der Waals surface area contributed by atoms with Gasteiger partial charge in [-0.15, -0.1) is 0 Å². The number of benzene rings is 1. The lowest BCUT2D eigenvalue weighted by atomic mass is 10.2. The largest absolute Gasteiger partial charge is 0.481 e. The average Bonchev–Trinajstić information content (AvgIpc) is 2.77. The number of H-pyrrole nitrogens is 1. The Kier molecular flexibility index (Phi) is 3.17. The number of fused-ring (bicyclic) bond motifs is 1. The molecule has 0 amide bonds. The second-order valence-corrected chi connectivity index (χ2v) is 4.60. The van der Waals surface area contributed by atoms with Gasteiger partial charge < -0.3 is 9.72 Å². The molecule has 1 N–H and O–H groups in total. The van der Waals surface area contributed by atoms with E-state index in [2.05, 4.69) is 9.97 Å². The highest BCUT2D eigenvalue weighted by molar-refractivity contribution is 7.71. The molecule has 0 aliphatic rings. The van der Waals surface area contributed by atoms with Crippen molar-refractivity contribution in [1.82, 2.24) is 14.5 Å². The molecule has 3 rings (SSSR count). The molecule has 0 aliphatic carbocycles. The lowest BCUT2D eigenvalue weighted by Crippen LogP contribution is -2.03. The van der Waals surface area contributed by atoms with Gasteiger partial charge in [-0.1, -0.05) is 0 Å². The smallest absolute Gasteiger partial charge is 0.215 e. The molecule has 0 atom stereocenters. The summed E-state index contributed by atoms with van der Waals surface area (Å²) < 4.78 is 46.9. The number of nitrogens with one attached hydrogen (secondary N) is 1. The van der Waals surface area contributed by atoms with E-state index < -0.39 is 17.5 Å². The molecule has 3 aromatic rings. The van der Waals surface area contributed by atoms with Gasteiger partial charge in [0.15, 0.2) is 22.1 Å². The summed E-state index contributed by atoms with van der Waals surface area (Å²) in [6.45, 7) is 0. The van der Waals surface area contributed by atoms with Crippen LogP contribution in [0.1, 0.15) is 0 Å². The first kappa shape index (κ1) is 13.6. The minimum atomic E-state index is -1.30. The fourth-order valence-electron chi connectivity index (χ4n) is 2.01. The molecule has 0 aliphatic heterocycles. The summed E-state index contributed by atoms with van der Waals surface area (Å²) in [6.07, 6.45) is 0. The molecule has 2 heterocycles. The van der Waals surface area contributed by atoms with Crippen LogP contribution in [0.4, 0.5) is 13.2 Å². The second kappa shape index (κ2) is 4.88. The van der Waals surface area contributed by atoms with Gasteiger partial charge >= 0.3 is 0 Å². The predicted octanol–water partition coefficient (Wildman–Crippen LogP) is 3.51. The van der Waals surface area contributed by atoms with Crippen LogP contribution in [-0.2, 0) is 0 Å². The number of ether oxygens (including phenoxy) is 1. The minimum absolute atomic E-state index is 0.0645. The van der Waals surface area contributed by atoms with Gasteiger partial charge in [-0.05, 0) is 18.3 Å². The quantitative estimate of drug-likeness (QED) is 0.582. The second-order valence-electron chi connectivity index (χ2n) is 4.21. The zero-order valence-corrected chi connectivity index (χ0v) is 11.5. The Morgan fingerprint density at radius 1 is 1.24 bits per heavy atom. The minimum Gasteiger partial charge on any atom is -0.481 e. The number of hydrogen-bond donors (Lipinski definition) is 1. The van der Waals surface area contributed by atoms with Crippen LogP contribution in [0.25, 0.3) is 16.9 Å². The molecular weight excluding hydrogens is 303 g/mol. The van der Waals surface area contributed by atoms with E-state index in [4.69, 9.17) is 17.0 Å². The molecule has 0 unspecified atom stereocenters. The molecule has 0 saturated carbocycles. The third-order valence-electron chi connectivity index (χ3n) is 2.93. The molecule has 0 fully saturated rings. The number of nitrogens with zero attached hydrogens (tertiary/aromatic N) is 2. The Bertz CT molecular complexity index is 904. The maximum atomic E-state index is 14.0. The highest BCUT2D eigenvalue weighted by Gasteiger charge is 2.17. The summed E-state index contributed by atoms with van der Waals surface area (Å²) in [6, 6.07) is 4.52. The van der Waals surface area contributed by atoms with Gasteiger partial charge in [0, 0.05) is 18.2 Å². The van der Waals surface area contributed by atoms with Gasteiger partial charge in [-0.25, -0.2) is 13.2 Å². The summed E-state index contributed by atoms with van der Waals surface area (Å²) >= 11 is 5.08. The fraction of sp³-hybridized carbons (Fsp3) is 0.0769. The van der Waals surface area contributed by atoms with Gasteiger partial charge in [0.1, 0.15) is 5.82 Å². The van der Waals surface area contributed by atoms with E-state index in [9.17, 15) is 13.2 Å². The normalized spacial score (nSPS) is 11.0. The van der Waals surface area contributed by atoms with E-state index in [0.717, 1.165) is 10.6 Å². The van der Waals surface area contributed by atoms with Crippen LogP contribution in [0.2, 0.25) is 0 Å². The zero-order valence-electron chi connectivity index (χ0n) is 10.7. The number of rotatable bonds is 2. The average molecular weight is 311 g/mol. The van der Waals surface area contributed by atoms with E-state index >= 15 is 0 Å². The molecule has 108 valence electrons. The van der Waals surface area contributed by atoms with Crippen molar-refractivity contribution in [1.29, 1.82) is 0 Å². The van der Waals surface area contributed by atoms with Crippen molar-refractivity contribution >= 4 is 23.4 Å². The van der Waals surface area contributed by atoms with Crippen LogP contribution < -0.4 is 4.74 Å². The first-order chi connectivity index (χ1) is 10.0. The van der Waals surface area contributed by atoms with Crippen LogP contribution >= 0.6 is 12.2 Å². The molecule has 4 nitrogen and oxygen atoms in total. The molecule has 0 radical (unpaired) electrons. The number of aromatic nitrogens is 3. The van der Waals surface area contributed by atoms with Crippen molar-refractivity contribution in [3.63, 3.8) is 0 Å². The van der Waals surface area contributed by atoms with E-state index in [0.29, 0.717) is 11.6 Å². The Morgan fingerprint density at radius 2 is 2.00 bits per heavy atom. The maximum absolute atomic E-state index is 14.0. The Morgan fingerprint density at radius 3 is 2.71 bits per heavy atom. The van der Waals surface area contributed by atoms with Crippen molar-refractivity contribution < 1.29 is 17.9 Å². The van der Waals surface area contributed by atoms with Crippen LogP contribution in [0, 0.1) is 22.2 Å². The van der Waals surface area contributed by atoms with Crippen molar-refractivity contribution in [3.05, 3.63) is 46.5 Å². The molecule has 1 aromatic carbocycles. The molecule has 0 saturated heterocycles. The summed E-state index contributed by atoms with van der Waals surface area (Å²) in [5, 5.41) is 0. The number of imidazole rings is 1. The van der Waals surface area contributed by atoms with E-state index in [1.165, 1.54) is 7.11 Å². The predicted molar refractivity (Wildman–Crippen MR) is 72.7 cm³/mol. The highest BCUT2D eigenvalue weighted by atomic mass is 32.1. The summed E-state index contributed by atoms with van der Waals surface area (Å²) in [5.41, 5.74) is 0.345. The molecule has 0 bridgehead atoms. The summed E-state index contributed by atoms with van der Waals surface area (Å²) in [4.78, 5) is 6.91. The van der Waals surface area contributed by atoms with Crippen LogP contribution in [-0.4, -0.2) is 21.6 Å². The van der Waals surface area contributed by atoms with Gasteiger partial charge in [0.05, 0.1) is 18.3 Å². The van der Waals surface area contributed by atoms with Gasteiger partial charge in [-0.3, -0.25) is 4.57 Å². The third kappa shape index (κ3) is 2.17.